The third kappa shape index (κ3) is 4.77. The van der Waals surface area contributed by atoms with Crippen molar-refractivity contribution in [2.24, 2.45) is 0 Å². The summed E-state index contributed by atoms with van der Waals surface area (Å²) in [5, 5.41) is 5.43. The van der Waals surface area contributed by atoms with Crippen molar-refractivity contribution in [2.45, 2.75) is 31.1 Å². The average molecular weight is 448 g/mol. The van der Waals surface area contributed by atoms with Gasteiger partial charge in [0.15, 0.2) is 0 Å². The van der Waals surface area contributed by atoms with Crippen molar-refractivity contribution in [3.05, 3.63) is 48.0 Å². The van der Waals surface area contributed by atoms with Gasteiger partial charge in [-0.3, -0.25) is 4.90 Å². The molecule has 1 saturated heterocycles. The number of carbonyl (C=O) groups excluding carboxylic acids is 1. The fourth-order valence-electron chi connectivity index (χ4n) is 3.82. The Morgan fingerprint density at radius 3 is 2.78 bits per heavy atom. The number of anilines is 1. The van der Waals surface area contributed by atoms with Gasteiger partial charge in [0.25, 0.3) is 0 Å². The Bertz CT molecular complexity index is 1100. The molecule has 0 bridgehead atoms. The summed E-state index contributed by atoms with van der Waals surface area (Å²) in [6.45, 7) is 0.748. The maximum atomic E-state index is 12.6. The van der Waals surface area contributed by atoms with Gasteiger partial charge in [0.2, 0.25) is 0 Å². The molecule has 3 aromatic rings. The zero-order valence-corrected chi connectivity index (χ0v) is 17.5. The lowest BCUT2D eigenvalue weighted by Crippen LogP contribution is -2.46. The first-order valence-corrected chi connectivity index (χ1v) is 10.1. The number of aromatic nitrogens is 3. The third-order valence-electron chi connectivity index (χ3n) is 5.54. The highest BCUT2D eigenvalue weighted by Crippen LogP contribution is 2.31. The van der Waals surface area contributed by atoms with E-state index in [0.29, 0.717) is 6.42 Å². The molecule has 2 amide bonds. The van der Waals surface area contributed by atoms with Gasteiger partial charge in [0.05, 0.1) is 36.1 Å². The van der Waals surface area contributed by atoms with E-state index in [-0.39, 0.29) is 17.8 Å². The summed E-state index contributed by atoms with van der Waals surface area (Å²) in [6.07, 6.45) is -2.17. The average Bonchev–Trinajstić information content (AvgIpc) is 3.17. The molecule has 1 fully saturated rings. The van der Waals surface area contributed by atoms with Crippen molar-refractivity contribution >= 4 is 22.8 Å². The van der Waals surface area contributed by atoms with Crippen LogP contribution in [-0.4, -0.2) is 52.6 Å². The Hall–Kier alpha value is -3.34. The standard InChI is InChI=1S/C21H23F3N6O2/c1-30-8-7-12(26-20(31)27-13-3-6-18(25-11-13)21(22,23)24)9-17(30)19-28-15-5-4-14(32-2)10-16(15)29-19/h3-6,10-12,17H,7-9H2,1-2H3,(H,28,29)(H2,26,27,31). The number of aromatic amines is 1. The van der Waals surface area contributed by atoms with Crippen molar-refractivity contribution in [2.75, 3.05) is 26.0 Å². The number of rotatable bonds is 4. The molecule has 8 nitrogen and oxygen atoms in total. The first-order valence-electron chi connectivity index (χ1n) is 10.1. The van der Waals surface area contributed by atoms with Crippen molar-refractivity contribution in [1.82, 2.24) is 25.2 Å². The molecule has 32 heavy (non-hydrogen) atoms. The number of benzene rings is 1. The Balaban J connectivity index is 1.40. The molecule has 3 N–H and O–H groups in total. The van der Waals surface area contributed by atoms with Crippen molar-refractivity contribution < 1.29 is 22.7 Å². The normalized spacial score (nSPS) is 19.7. The van der Waals surface area contributed by atoms with E-state index >= 15 is 0 Å². The van der Waals surface area contributed by atoms with Crippen LogP contribution in [0.1, 0.15) is 30.4 Å². The predicted molar refractivity (Wildman–Crippen MR) is 112 cm³/mol. The summed E-state index contributed by atoms with van der Waals surface area (Å²) in [5.41, 5.74) is 0.878. The van der Waals surface area contributed by atoms with Crippen LogP contribution < -0.4 is 15.4 Å². The lowest BCUT2D eigenvalue weighted by molar-refractivity contribution is -0.141. The number of likely N-dealkylation sites (tertiary alicyclic amines) is 1. The molecule has 0 aliphatic carbocycles. The number of nitrogens with one attached hydrogen (secondary N) is 3. The van der Waals surface area contributed by atoms with Gasteiger partial charge in [-0.25, -0.2) is 14.8 Å². The SMILES string of the molecule is COc1ccc2nc(C3CC(NC(=O)Nc4ccc(C(F)(F)F)nc4)CCN3C)[nH]c2c1. The lowest BCUT2D eigenvalue weighted by atomic mass is 9.97. The van der Waals surface area contributed by atoms with E-state index in [0.717, 1.165) is 47.8 Å². The Kier molecular flexibility index (Phi) is 5.92. The fraction of sp³-hybridized carbons (Fsp3) is 0.381. The number of hydrogen-bond donors (Lipinski definition) is 3. The molecule has 3 heterocycles. The number of H-pyrrole nitrogens is 1. The lowest BCUT2D eigenvalue weighted by Gasteiger charge is -2.36. The molecule has 1 aromatic carbocycles. The minimum absolute atomic E-state index is 0.0276. The summed E-state index contributed by atoms with van der Waals surface area (Å²) in [5.74, 6) is 1.54. The van der Waals surface area contributed by atoms with Gasteiger partial charge in [-0.05, 0) is 44.2 Å². The van der Waals surface area contributed by atoms with Crippen molar-refractivity contribution in [3.8, 4) is 5.75 Å². The van der Waals surface area contributed by atoms with Crippen LogP contribution in [0.2, 0.25) is 0 Å². The van der Waals surface area contributed by atoms with Gasteiger partial charge in [-0.1, -0.05) is 0 Å². The van der Waals surface area contributed by atoms with E-state index in [1.165, 1.54) is 6.07 Å². The highest BCUT2D eigenvalue weighted by molar-refractivity contribution is 5.89. The number of alkyl halides is 3. The molecule has 2 unspecified atom stereocenters. The predicted octanol–water partition coefficient (Wildman–Crippen LogP) is 3.94. The van der Waals surface area contributed by atoms with Gasteiger partial charge < -0.3 is 20.4 Å². The van der Waals surface area contributed by atoms with Crippen LogP contribution in [-0.2, 0) is 6.18 Å². The van der Waals surface area contributed by atoms with E-state index < -0.39 is 17.9 Å². The number of halogens is 3. The quantitative estimate of drug-likeness (QED) is 0.562. The molecule has 2 aromatic heterocycles. The number of piperidine rings is 1. The second-order valence-corrected chi connectivity index (χ2v) is 7.75. The molecule has 4 rings (SSSR count). The third-order valence-corrected chi connectivity index (χ3v) is 5.54. The Morgan fingerprint density at radius 1 is 1.28 bits per heavy atom. The number of nitrogens with zero attached hydrogens (tertiary/aromatic N) is 3. The second kappa shape index (κ2) is 8.65. The molecule has 0 radical (unpaired) electrons. The van der Waals surface area contributed by atoms with E-state index in [1.807, 2.05) is 25.2 Å². The summed E-state index contributed by atoms with van der Waals surface area (Å²) in [4.78, 5) is 25.9. The van der Waals surface area contributed by atoms with Crippen LogP contribution in [0.4, 0.5) is 23.7 Å². The monoisotopic (exact) mass is 448 g/mol. The van der Waals surface area contributed by atoms with Gasteiger partial charge in [0, 0.05) is 18.7 Å². The molecule has 2 atom stereocenters. The van der Waals surface area contributed by atoms with Crippen LogP contribution in [0.25, 0.3) is 11.0 Å². The van der Waals surface area contributed by atoms with E-state index in [1.54, 1.807) is 7.11 Å². The number of carbonyl (C=O) groups is 1. The number of hydrogen-bond acceptors (Lipinski definition) is 5. The van der Waals surface area contributed by atoms with Crippen LogP contribution in [0.5, 0.6) is 5.75 Å². The molecule has 11 heteroatoms. The summed E-state index contributed by atoms with van der Waals surface area (Å²) in [6, 6.07) is 6.99. The molecule has 1 aliphatic rings. The number of methoxy groups -OCH3 is 1. The number of amides is 2. The first-order chi connectivity index (χ1) is 15.2. The van der Waals surface area contributed by atoms with Crippen LogP contribution in [0.15, 0.2) is 36.5 Å². The van der Waals surface area contributed by atoms with Crippen molar-refractivity contribution in [3.63, 3.8) is 0 Å². The smallest absolute Gasteiger partial charge is 0.433 e. The highest BCUT2D eigenvalue weighted by Gasteiger charge is 2.32. The molecule has 170 valence electrons. The van der Waals surface area contributed by atoms with Gasteiger partial charge in [-0.2, -0.15) is 13.2 Å². The zero-order valence-electron chi connectivity index (χ0n) is 17.5. The molecule has 0 saturated carbocycles. The molecular formula is C21H23F3N6O2. The zero-order chi connectivity index (χ0) is 22.9. The second-order valence-electron chi connectivity index (χ2n) is 7.75. The minimum atomic E-state index is -4.52. The van der Waals surface area contributed by atoms with Gasteiger partial charge >= 0.3 is 12.2 Å². The van der Waals surface area contributed by atoms with Crippen LogP contribution in [0.3, 0.4) is 0 Å². The van der Waals surface area contributed by atoms with Crippen LogP contribution in [0, 0.1) is 0 Å². The number of fused-ring (bicyclic) bond motifs is 1. The number of pyridine rings is 1. The summed E-state index contributed by atoms with van der Waals surface area (Å²) in [7, 11) is 3.61. The van der Waals surface area contributed by atoms with E-state index in [4.69, 9.17) is 9.72 Å². The summed E-state index contributed by atoms with van der Waals surface area (Å²) < 4.78 is 43.1. The first kappa shape index (κ1) is 21.9. The Labute approximate surface area is 182 Å². The van der Waals surface area contributed by atoms with Gasteiger partial charge in [0.1, 0.15) is 17.3 Å². The van der Waals surface area contributed by atoms with Crippen molar-refractivity contribution in [1.29, 1.82) is 0 Å². The Morgan fingerprint density at radius 2 is 2.09 bits per heavy atom. The number of imidazole rings is 1. The largest absolute Gasteiger partial charge is 0.497 e. The topological polar surface area (TPSA) is 95.2 Å². The molecule has 0 spiro atoms. The summed E-state index contributed by atoms with van der Waals surface area (Å²) >= 11 is 0. The van der Waals surface area contributed by atoms with E-state index in [9.17, 15) is 18.0 Å². The van der Waals surface area contributed by atoms with Gasteiger partial charge in [-0.15, -0.1) is 0 Å². The maximum absolute atomic E-state index is 12.6. The maximum Gasteiger partial charge on any atom is 0.433 e. The highest BCUT2D eigenvalue weighted by atomic mass is 19.4. The number of ether oxygens (including phenoxy) is 1. The molecular weight excluding hydrogens is 425 g/mol. The van der Waals surface area contributed by atoms with E-state index in [2.05, 4.69) is 25.5 Å². The fourth-order valence-corrected chi connectivity index (χ4v) is 3.82. The minimum Gasteiger partial charge on any atom is -0.497 e. The van der Waals surface area contributed by atoms with Crippen LogP contribution >= 0.6 is 0 Å². The number of urea groups is 1. The molecule has 1 aliphatic heterocycles.